The van der Waals surface area contributed by atoms with Gasteiger partial charge in [0.15, 0.2) is 0 Å². The molecular weight excluding hydrogens is 365 g/mol. The van der Waals surface area contributed by atoms with E-state index in [2.05, 4.69) is 16.0 Å². The SMILES string of the molecule is CN(C)C(=O)c1ccc(-c2c[nH]c3ncc(B4OC(C)(C)C(C)(C)O4)cc23)cc1. The number of aromatic nitrogens is 2. The highest BCUT2D eigenvalue weighted by Crippen LogP contribution is 2.37. The highest BCUT2D eigenvalue weighted by Gasteiger charge is 2.51. The number of rotatable bonds is 3. The first kappa shape index (κ1) is 19.7. The van der Waals surface area contributed by atoms with Gasteiger partial charge in [-0.2, -0.15) is 0 Å². The van der Waals surface area contributed by atoms with Crippen LogP contribution in [0.5, 0.6) is 0 Å². The van der Waals surface area contributed by atoms with E-state index in [1.807, 2.05) is 58.2 Å². The molecule has 29 heavy (non-hydrogen) atoms. The molecule has 0 aliphatic carbocycles. The molecule has 4 rings (SSSR count). The van der Waals surface area contributed by atoms with Gasteiger partial charge < -0.3 is 19.2 Å². The van der Waals surface area contributed by atoms with Crippen LogP contribution in [0.3, 0.4) is 0 Å². The van der Waals surface area contributed by atoms with Crippen LogP contribution >= 0.6 is 0 Å². The van der Waals surface area contributed by atoms with Crippen LogP contribution < -0.4 is 5.46 Å². The molecule has 7 heteroatoms. The monoisotopic (exact) mass is 391 g/mol. The summed E-state index contributed by atoms with van der Waals surface area (Å²) in [5.74, 6) is -0.0137. The van der Waals surface area contributed by atoms with Crippen LogP contribution in [-0.2, 0) is 9.31 Å². The van der Waals surface area contributed by atoms with Crippen molar-refractivity contribution >= 4 is 29.5 Å². The molecule has 6 nitrogen and oxygen atoms in total. The zero-order chi connectivity index (χ0) is 21.0. The fraction of sp³-hybridized carbons (Fsp3) is 0.364. The summed E-state index contributed by atoms with van der Waals surface area (Å²) in [6.45, 7) is 8.16. The van der Waals surface area contributed by atoms with E-state index < -0.39 is 18.3 Å². The molecule has 0 radical (unpaired) electrons. The van der Waals surface area contributed by atoms with Gasteiger partial charge in [-0.3, -0.25) is 4.79 Å². The third-order valence-corrected chi connectivity index (χ3v) is 5.93. The minimum absolute atomic E-state index is 0.0137. The van der Waals surface area contributed by atoms with Crippen LogP contribution in [0.2, 0.25) is 0 Å². The van der Waals surface area contributed by atoms with Gasteiger partial charge in [0.25, 0.3) is 5.91 Å². The Morgan fingerprint density at radius 3 is 2.28 bits per heavy atom. The Labute approximate surface area is 171 Å². The first-order valence-corrected chi connectivity index (χ1v) is 9.74. The Hall–Kier alpha value is -2.64. The molecule has 1 fully saturated rings. The van der Waals surface area contributed by atoms with Crippen molar-refractivity contribution in [2.24, 2.45) is 0 Å². The number of fused-ring (bicyclic) bond motifs is 1. The Balaban J connectivity index is 1.69. The summed E-state index contributed by atoms with van der Waals surface area (Å²) in [5.41, 5.74) is 3.58. The molecule has 1 aromatic carbocycles. The predicted molar refractivity (Wildman–Crippen MR) is 115 cm³/mol. The Morgan fingerprint density at radius 2 is 1.69 bits per heavy atom. The number of carbonyl (C=O) groups is 1. The second-order valence-corrected chi connectivity index (χ2v) is 8.73. The van der Waals surface area contributed by atoms with E-state index in [9.17, 15) is 4.79 Å². The molecule has 150 valence electrons. The molecule has 0 saturated carbocycles. The number of H-pyrrole nitrogens is 1. The summed E-state index contributed by atoms with van der Waals surface area (Å²) in [5, 5.41) is 0.990. The molecule has 0 atom stereocenters. The van der Waals surface area contributed by atoms with Gasteiger partial charge in [-0.25, -0.2) is 4.98 Å². The van der Waals surface area contributed by atoms with Gasteiger partial charge in [0, 0.05) is 48.5 Å². The first-order chi connectivity index (χ1) is 13.6. The van der Waals surface area contributed by atoms with E-state index in [-0.39, 0.29) is 5.91 Å². The number of nitrogens with one attached hydrogen (secondary N) is 1. The van der Waals surface area contributed by atoms with Crippen molar-refractivity contribution in [3.05, 3.63) is 48.3 Å². The number of pyridine rings is 1. The van der Waals surface area contributed by atoms with Crippen molar-refractivity contribution in [2.75, 3.05) is 14.1 Å². The Bertz CT molecular complexity index is 1050. The molecule has 3 aromatic rings. The van der Waals surface area contributed by atoms with E-state index in [1.165, 1.54) is 0 Å². The van der Waals surface area contributed by atoms with E-state index in [4.69, 9.17) is 9.31 Å². The van der Waals surface area contributed by atoms with Crippen molar-refractivity contribution in [1.82, 2.24) is 14.9 Å². The van der Waals surface area contributed by atoms with Crippen LogP contribution in [0.1, 0.15) is 38.1 Å². The molecule has 3 heterocycles. The van der Waals surface area contributed by atoms with Gasteiger partial charge in [-0.05, 0) is 51.5 Å². The predicted octanol–water partition coefficient (Wildman–Crippen LogP) is 3.23. The second kappa shape index (κ2) is 6.71. The number of benzene rings is 1. The Kier molecular flexibility index (Phi) is 4.55. The third kappa shape index (κ3) is 3.34. The summed E-state index contributed by atoms with van der Waals surface area (Å²) < 4.78 is 12.3. The third-order valence-electron chi connectivity index (χ3n) is 5.93. The largest absolute Gasteiger partial charge is 0.496 e. The minimum Gasteiger partial charge on any atom is -0.399 e. The number of carbonyl (C=O) groups excluding carboxylic acids is 1. The molecule has 1 N–H and O–H groups in total. The van der Waals surface area contributed by atoms with Crippen molar-refractivity contribution in [3.63, 3.8) is 0 Å². The lowest BCUT2D eigenvalue weighted by atomic mass is 9.79. The normalized spacial score (nSPS) is 17.7. The second-order valence-electron chi connectivity index (χ2n) is 8.73. The van der Waals surface area contributed by atoms with Crippen molar-refractivity contribution in [1.29, 1.82) is 0 Å². The average Bonchev–Trinajstić information content (AvgIpc) is 3.18. The van der Waals surface area contributed by atoms with Gasteiger partial charge >= 0.3 is 7.12 Å². The van der Waals surface area contributed by atoms with E-state index >= 15 is 0 Å². The van der Waals surface area contributed by atoms with E-state index in [0.29, 0.717) is 5.56 Å². The van der Waals surface area contributed by atoms with Gasteiger partial charge in [-0.1, -0.05) is 12.1 Å². The van der Waals surface area contributed by atoms with Crippen molar-refractivity contribution in [3.8, 4) is 11.1 Å². The summed E-state index contributed by atoms with van der Waals surface area (Å²) in [6.07, 6.45) is 3.73. The molecule has 2 aromatic heterocycles. The molecule has 0 unspecified atom stereocenters. The van der Waals surface area contributed by atoms with Crippen LogP contribution in [0, 0.1) is 0 Å². The summed E-state index contributed by atoms with van der Waals surface area (Å²) in [4.78, 5) is 21.5. The maximum absolute atomic E-state index is 12.1. The maximum Gasteiger partial charge on any atom is 0.496 e. The summed E-state index contributed by atoms with van der Waals surface area (Å²) in [7, 11) is 3.04. The quantitative estimate of drug-likeness (QED) is 0.697. The molecular formula is C22H26BN3O3. The highest BCUT2D eigenvalue weighted by molar-refractivity contribution is 6.62. The van der Waals surface area contributed by atoms with Crippen LogP contribution in [0.25, 0.3) is 22.2 Å². The minimum atomic E-state index is -0.459. The van der Waals surface area contributed by atoms with Gasteiger partial charge in [0.05, 0.1) is 11.2 Å². The van der Waals surface area contributed by atoms with Crippen molar-refractivity contribution < 1.29 is 14.1 Å². The van der Waals surface area contributed by atoms with Gasteiger partial charge in [0.1, 0.15) is 5.65 Å². The lowest BCUT2D eigenvalue weighted by Crippen LogP contribution is -2.41. The average molecular weight is 391 g/mol. The molecule has 0 bridgehead atoms. The molecule has 1 aliphatic rings. The van der Waals surface area contributed by atoms with Crippen LogP contribution in [0.15, 0.2) is 42.7 Å². The van der Waals surface area contributed by atoms with Gasteiger partial charge in [-0.15, -0.1) is 0 Å². The molecule has 1 saturated heterocycles. The summed E-state index contributed by atoms with van der Waals surface area (Å²) in [6, 6.07) is 9.68. The zero-order valence-corrected chi connectivity index (χ0v) is 17.7. The number of hydrogen-bond acceptors (Lipinski definition) is 4. The smallest absolute Gasteiger partial charge is 0.399 e. The number of hydrogen-bond donors (Lipinski definition) is 1. The fourth-order valence-corrected chi connectivity index (χ4v) is 3.42. The molecule has 0 spiro atoms. The van der Waals surface area contributed by atoms with Crippen LogP contribution in [-0.4, -0.2) is 53.2 Å². The van der Waals surface area contributed by atoms with E-state index in [0.717, 1.165) is 27.6 Å². The zero-order valence-electron chi connectivity index (χ0n) is 17.7. The lowest BCUT2D eigenvalue weighted by molar-refractivity contribution is 0.00578. The highest BCUT2D eigenvalue weighted by atomic mass is 16.7. The summed E-state index contributed by atoms with van der Waals surface area (Å²) >= 11 is 0. The molecule has 1 aliphatic heterocycles. The molecule has 1 amide bonds. The number of nitrogens with zero attached hydrogens (tertiary/aromatic N) is 2. The maximum atomic E-state index is 12.1. The van der Waals surface area contributed by atoms with E-state index in [1.54, 1.807) is 25.2 Å². The van der Waals surface area contributed by atoms with Crippen molar-refractivity contribution in [2.45, 2.75) is 38.9 Å². The number of aromatic amines is 1. The fourth-order valence-electron chi connectivity index (χ4n) is 3.42. The Morgan fingerprint density at radius 1 is 1.07 bits per heavy atom. The lowest BCUT2D eigenvalue weighted by Gasteiger charge is -2.32. The van der Waals surface area contributed by atoms with Gasteiger partial charge in [0.2, 0.25) is 0 Å². The number of amides is 1. The standard InChI is InChI=1S/C22H26BN3O3/c1-21(2)22(3,4)29-23(28-21)16-11-17-18(13-25-19(17)24-12-16)14-7-9-15(10-8-14)20(27)26(5)6/h7-13H,1-6H3,(H,24,25). The van der Waals surface area contributed by atoms with Crippen LogP contribution in [0.4, 0.5) is 0 Å². The topological polar surface area (TPSA) is 67.5 Å². The first-order valence-electron chi connectivity index (χ1n) is 9.74.